The summed E-state index contributed by atoms with van der Waals surface area (Å²) in [4.78, 5) is 13.0. The molecule has 0 saturated heterocycles. The highest BCUT2D eigenvalue weighted by Gasteiger charge is 2.16. The van der Waals surface area contributed by atoms with Crippen LogP contribution in [0.2, 0.25) is 0 Å². The molecule has 1 heterocycles. The molecule has 0 amide bonds. The molecule has 1 atom stereocenters. The van der Waals surface area contributed by atoms with Gasteiger partial charge in [-0.15, -0.1) is 0 Å². The maximum Gasteiger partial charge on any atom is 0.320 e. The number of carboxylic acids is 1. The molecule has 96 valence electrons. The Balaban J connectivity index is 2.26. The summed E-state index contributed by atoms with van der Waals surface area (Å²) in [6.45, 7) is 1.99. The third kappa shape index (κ3) is 5.51. The van der Waals surface area contributed by atoms with Crippen LogP contribution in [0.4, 0.5) is 0 Å². The topological polar surface area (TPSA) is 78.6 Å². The van der Waals surface area contributed by atoms with Crippen LogP contribution in [0.5, 0.6) is 0 Å². The Bertz CT molecular complexity index is 289. The van der Waals surface area contributed by atoms with Gasteiger partial charge in [0, 0.05) is 12.7 Å². The second-order valence-electron chi connectivity index (χ2n) is 4.08. The first-order chi connectivity index (χ1) is 8.24. The van der Waals surface area contributed by atoms with Gasteiger partial charge in [0.25, 0.3) is 0 Å². The molecule has 0 aromatic carbocycles. The summed E-state index contributed by atoms with van der Waals surface area (Å²) in [5.74, 6) is -0.793. The van der Waals surface area contributed by atoms with Crippen LogP contribution in [-0.2, 0) is 4.79 Å². The molecule has 0 aromatic heterocycles. The van der Waals surface area contributed by atoms with E-state index in [9.17, 15) is 4.79 Å². The Morgan fingerprint density at radius 2 is 2.29 bits per heavy atom. The van der Waals surface area contributed by atoms with Gasteiger partial charge in [-0.1, -0.05) is 18.6 Å². The van der Waals surface area contributed by atoms with Crippen LogP contribution in [0.25, 0.3) is 0 Å². The zero-order chi connectivity index (χ0) is 12.5. The second-order valence-corrected chi connectivity index (χ2v) is 4.08. The smallest absolute Gasteiger partial charge is 0.320 e. The monoisotopic (exact) mass is 239 g/mol. The highest BCUT2D eigenvalue weighted by molar-refractivity contribution is 5.73. The number of aliphatic carboxylic acids is 1. The van der Waals surface area contributed by atoms with E-state index < -0.39 is 12.0 Å². The van der Waals surface area contributed by atoms with Crippen molar-refractivity contribution in [3.8, 4) is 0 Å². The lowest BCUT2D eigenvalue weighted by Gasteiger charge is -2.23. The normalized spacial score (nSPS) is 16.2. The van der Waals surface area contributed by atoms with Crippen LogP contribution in [0.15, 0.2) is 24.4 Å². The first-order valence-corrected chi connectivity index (χ1v) is 5.97. The standard InChI is InChI=1S/C12H21N3O2/c13-7-3-2-6-11(12(16)17)14-10-15-8-4-1-5-9-15/h1,4-5,8,11,14H,2-3,6-7,9-10,13H2,(H,16,17)/t11-/m0/s1. The van der Waals surface area contributed by atoms with Crippen LogP contribution in [0.3, 0.4) is 0 Å². The number of rotatable bonds is 8. The maximum absolute atomic E-state index is 11.0. The second kappa shape index (κ2) is 7.86. The van der Waals surface area contributed by atoms with Crippen molar-refractivity contribution in [3.05, 3.63) is 24.4 Å². The Morgan fingerprint density at radius 3 is 2.88 bits per heavy atom. The van der Waals surface area contributed by atoms with Crippen molar-refractivity contribution < 1.29 is 9.90 Å². The Kier molecular flexibility index (Phi) is 6.35. The molecule has 1 aliphatic heterocycles. The van der Waals surface area contributed by atoms with Gasteiger partial charge in [0.15, 0.2) is 0 Å². The lowest BCUT2D eigenvalue weighted by Crippen LogP contribution is -2.42. The lowest BCUT2D eigenvalue weighted by atomic mass is 10.1. The number of nitrogens with zero attached hydrogens (tertiary/aromatic N) is 1. The molecule has 0 aromatic rings. The summed E-state index contributed by atoms with van der Waals surface area (Å²) >= 11 is 0. The minimum Gasteiger partial charge on any atom is -0.480 e. The predicted molar refractivity (Wildman–Crippen MR) is 67.3 cm³/mol. The molecule has 5 nitrogen and oxygen atoms in total. The van der Waals surface area contributed by atoms with E-state index in [1.54, 1.807) is 0 Å². The quantitative estimate of drug-likeness (QED) is 0.538. The molecule has 0 unspecified atom stereocenters. The first kappa shape index (κ1) is 13.7. The number of unbranched alkanes of at least 4 members (excludes halogenated alkanes) is 1. The number of carbonyl (C=O) groups is 1. The van der Waals surface area contributed by atoms with E-state index in [2.05, 4.69) is 5.32 Å². The van der Waals surface area contributed by atoms with Crippen molar-refractivity contribution in [1.82, 2.24) is 10.2 Å². The van der Waals surface area contributed by atoms with Gasteiger partial charge in [0.1, 0.15) is 6.04 Å². The average Bonchev–Trinajstić information content (AvgIpc) is 2.34. The van der Waals surface area contributed by atoms with E-state index in [1.807, 2.05) is 29.3 Å². The van der Waals surface area contributed by atoms with E-state index in [0.29, 0.717) is 19.6 Å². The van der Waals surface area contributed by atoms with Gasteiger partial charge >= 0.3 is 5.97 Å². The summed E-state index contributed by atoms with van der Waals surface area (Å²) in [6.07, 6.45) is 10.2. The zero-order valence-corrected chi connectivity index (χ0v) is 10.0. The molecule has 1 aliphatic rings. The molecule has 0 saturated carbocycles. The summed E-state index contributed by atoms with van der Waals surface area (Å²) in [7, 11) is 0. The first-order valence-electron chi connectivity index (χ1n) is 5.97. The number of hydrogen-bond donors (Lipinski definition) is 3. The van der Waals surface area contributed by atoms with Gasteiger partial charge in [-0.2, -0.15) is 0 Å². The summed E-state index contributed by atoms with van der Waals surface area (Å²) in [5, 5.41) is 12.1. The number of hydrogen-bond acceptors (Lipinski definition) is 4. The molecule has 1 rings (SSSR count). The van der Waals surface area contributed by atoms with Crippen LogP contribution in [0.1, 0.15) is 19.3 Å². The third-order valence-electron chi connectivity index (χ3n) is 2.67. The van der Waals surface area contributed by atoms with Gasteiger partial charge in [-0.3, -0.25) is 10.1 Å². The van der Waals surface area contributed by atoms with Crippen LogP contribution < -0.4 is 11.1 Å². The highest BCUT2D eigenvalue weighted by Crippen LogP contribution is 2.02. The summed E-state index contributed by atoms with van der Waals surface area (Å²) in [6, 6.07) is -0.485. The molecular formula is C12H21N3O2. The Labute approximate surface area is 102 Å². The molecule has 4 N–H and O–H groups in total. The van der Waals surface area contributed by atoms with Gasteiger partial charge in [0.2, 0.25) is 0 Å². The SMILES string of the molecule is NCCCC[C@H](NCN1C=CC=CC1)C(=O)O. The number of carboxylic acid groups (broad SMARTS) is 1. The fourth-order valence-corrected chi connectivity index (χ4v) is 1.66. The molecule has 0 fully saturated rings. The number of nitrogens with one attached hydrogen (secondary N) is 1. The van der Waals surface area contributed by atoms with Gasteiger partial charge in [0.05, 0.1) is 6.67 Å². The minimum atomic E-state index is -0.793. The van der Waals surface area contributed by atoms with Crippen LogP contribution in [0, 0.1) is 0 Å². The van der Waals surface area contributed by atoms with E-state index in [4.69, 9.17) is 10.8 Å². The fourth-order valence-electron chi connectivity index (χ4n) is 1.66. The van der Waals surface area contributed by atoms with Crippen molar-refractivity contribution in [2.75, 3.05) is 19.8 Å². The van der Waals surface area contributed by atoms with E-state index >= 15 is 0 Å². The predicted octanol–water partition coefficient (Wildman–Crippen LogP) is 0.501. The Morgan fingerprint density at radius 1 is 1.47 bits per heavy atom. The van der Waals surface area contributed by atoms with Crippen molar-refractivity contribution in [3.63, 3.8) is 0 Å². The molecule has 17 heavy (non-hydrogen) atoms. The summed E-state index contributed by atoms with van der Waals surface area (Å²) < 4.78 is 0. The van der Waals surface area contributed by atoms with Crippen molar-refractivity contribution in [2.45, 2.75) is 25.3 Å². The third-order valence-corrected chi connectivity index (χ3v) is 2.67. The maximum atomic E-state index is 11.0. The molecule has 5 heteroatoms. The summed E-state index contributed by atoms with van der Waals surface area (Å²) in [5.41, 5.74) is 5.39. The highest BCUT2D eigenvalue weighted by atomic mass is 16.4. The zero-order valence-electron chi connectivity index (χ0n) is 10.0. The van der Waals surface area contributed by atoms with Crippen molar-refractivity contribution in [1.29, 1.82) is 0 Å². The molecule has 0 bridgehead atoms. The number of nitrogens with two attached hydrogens (primary N) is 1. The van der Waals surface area contributed by atoms with E-state index in [1.165, 1.54) is 0 Å². The van der Waals surface area contributed by atoms with E-state index in [-0.39, 0.29) is 0 Å². The minimum absolute atomic E-state index is 0.485. The largest absolute Gasteiger partial charge is 0.480 e. The number of allylic oxidation sites excluding steroid dienone is 2. The molecular weight excluding hydrogens is 218 g/mol. The van der Waals surface area contributed by atoms with Crippen LogP contribution >= 0.6 is 0 Å². The van der Waals surface area contributed by atoms with Gasteiger partial charge < -0.3 is 15.7 Å². The van der Waals surface area contributed by atoms with Crippen LogP contribution in [-0.4, -0.2) is 41.8 Å². The van der Waals surface area contributed by atoms with Gasteiger partial charge in [-0.25, -0.2) is 0 Å². The van der Waals surface area contributed by atoms with Crippen molar-refractivity contribution >= 4 is 5.97 Å². The molecule has 0 aliphatic carbocycles. The molecule has 0 radical (unpaired) electrons. The average molecular weight is 239 g/mol. The fraction of sp³-hybridized carbons (Fsp3) is 0.583. The van der Waals surface area contributed by atoms with Crippen molar-refractivity contribution in [2.24, 2.45) is 5.73 Å². The molecule has 0 spiro atoms. The Hall–Kier alpha value is -1.33. The van der Waals surface area contributed by atoms with E-state index in [0.717, 1.165) is 19.4 Å². The lowest BCUT2D eigenvalue weighted by molar-refractivity contribution is -0.139. The van der Waals surface area contributed by atoms with Gasteiger partial charge in [-0.05, 0) is 25.5 Å².